The van der Waals surface area contributed by atoms with E-state index in [1.54, 1.807) is 30.3 Å². The molecule has 0 saturated carbocycles. The van der Waals surface area contributed by atoms with Crippen LogP contribution in [-0.2, 0) is 10.2 Å². The fraction of sp³-hybridized carbons (Fsp3) is 0.500. The van der Waals surface area contributed by atoms with Gasteiger partial charge in [-0.15, -0.1) is 0 Å². The Balaban J connectivity index is 2.24. The largest absolute Gasteiger partial charge is 0.394 e. The summed E-state index contributed by atoms with van der Waals surface area (Å²) in [6, 6.07) is 10.9. The molecule has 4 N–H and O–H groups in total. The lowest BCUT2D eigenvalue weighted by Gasteiger charge is -2.38. The summed E-state index contributed by atoms with van der Waals surface area (Å²) in [6.07, 6.45) is -0.300. The van der Waals surface area contributed by atoms with E-state index in [0.717, 1.165) is 5.56 Å². The second-order valence-electron chi connectivity index (χ2n) is 10.9. The van der Waals surface area contributed by atoms with Crippen molar-refractivity contribution in [3.63, 3.8) is 0 Å². The molecule has 1 fully saturated rings. The van der Waals surface area contributed by atoms with Crippen LogP contribution in [0.25, 0.3) is 0 Å². The molecule has 1 saturated heterocycles. The van der Waals surface area contributed by atoms with Crippen LogP contribution < -0.4 is 10.6 Å². The highest BCUT2D eigenvalue weighted by molar-refractivity contribution is 6.31. The average molecular weight is 551 g/mol. The van der Waals surface area contributed by atoms with Crippen LogP contribution in [0.2, 0.25) is 10.0 Å². The Labute approximate surface area is 227 Å². The third kappa shape index (κ3) is 6.10. The van der Waals surface area contributed by atoms with Gasteiger partial charge in [0, 0.05) is 23.5 Å². The van der Waals surface area contributed by atoms with E-state index in [1.807, 2.05) is 27.7 Å². The number of aryl methyl sites for hydroxylation is 1. The van der Waals surface area contributed by atoms with Crippen molar-refractivity contribution in [3.8, 4) is 6.07 Å². The number of aliphatic hydroxyl groups is 2. The molecule has 0 radical (unpaired) electrons. The van der Waals surface area contributed by atoms with E-state index >= 15 is 4.39 Å². The van der Waals surface area contributed by atoms with Crippen LogP contribution in [0.5, 0.6) is 0 Å². The van der Waals surface area contributed by atoms with E-state index in [9.17, 15) is 15.2 Å². The predicted octanol–water partition coefficient (Wildman–Crippen LogP) is 4.62. The summed E-state index contributed by atoms with van der Waals surface area (Å²) in [6.45, 7) is 7.67. The van der Waals surface area contributed by atoms with Gasteiger partial charge in [0.05, 0.1) is 29.8 Å². The van der Waals surface area contributed by atoms with Crippen LogP contribution in [0.4, 0.5) is 4.39 Å². The molecule has 3 rings (SSSR count). The quantitative estimate of drug-likeness (QED) is 0.384. The first-order chi connectivity index (χ1) is 17.4. The van der Waals surface area contributed by atoms with Gasteiger partial charge < -0.3 is 20.8 Å². The Hall–Kier alpha value is -2.21. The standard InChI is InChI=1S/C28H34Cl2FN3O3/c1-16-12-17(29)8-9-20(16)28(15-32)22(13-27(2,3)4)34-25(26(37)33-11-10-18(36)14-35)23(28)19-6-5-7-21(30)24(19)31/h5-9,12,18,22-23,25,34-36H,10-11,13-14H2,1-4H3,(H,33,37)/t18-,22-,23?,25+,28?/m0/s1. The minimum atomic E-state index is -1.33. The molecule has 0 aliphatic carbocycles. The number of nitrogens with zero attached hydrogens (tertiary/aromatic N) is 1. The topological polar surface area (TPSA) is 105 Å². The smallest absolute Gasteiger partial charge is 0.237 e. The highest BCUT2D eigenvalue weighted by Gasteiger charge is 2.60. The Morgan fingerprint density at radius 2 is 2.00 bits per heavy atom. The summed E-state index contributed by atoms with van der Waals surface area (Å²) in [5.74, 6) is -2.03. The van der Waals surface area contributed by atoms with E-state index in [0.29, 0.717) is 17.0 Å². The van der Waals surface area contributed by atoms with Crippen molar-refractivity contribution in [2.45, 2.75) is 70.1 Å². The molecule has 9 heteroatoms. The van der Waals surface area contributed by atoms with Gasteiger partial charge in [-0.05, 0) is 60.1 Å². The maximum atomic E-state index is 15.6. The van der Waals surface area contributed by atoms with Crippen molar-refractivity contribution >= 4 is 29.1 Å². The molecular weight excluding hydrogens is 516 g/mol. The molecular formula is C28H34Cl2FN3O3. The number of amides is 1. The summed E-state index contributed by atoms with van der Waals surface area (Å²) < 4.78 is 15.6. The molecule has 2 unspecified atom stereocenters. The Kier molecular flexibility index (Phi) is 9.26. The Morgan fingerprint density at radius 3 is 2.59 bits per heavy atom. The summed E-state index contributed by atoms with van der Waals surface area (Å²) >= 11 is 12.4. The summed E-state index contributed by atoms with van der Waals surface area (Å²) in [7, 11) is 0. The summed E-state index contributed by atoms with van der Waals surface area (Å²) in [5.41, 5.74) is 0.0301. The number of rotatable bonds is 8. The van der Waals surface area contributed by atoms with Crippen LogP contribution in [0.3, 0.4) is 0 Å². The number of carbonyl (C=O) groups is 1. The van der Waals surface area contributed by atoms with Gasteiger partial charge >= 0.3 is 0 Å². The molecule has 1 aliphatic rings. The fourth-order valence-corrected chi connectivity index (χ4v) is 5.79. The third-order valence-electron chi connectivity index (χ3n) is 6.98. The number of aliphatic hydroxyl groups excluding tert-OH is 2. The van der Waals surface area contributed by atoms with Crippen molar-refractivity contribution < 1.29 is 19.4 Å². The first-order valence-electron chi connectivity index (χ1n) is 12.3. The van der Waals surface area contributed by atoms with Gasteiger partial charge in [0.25, 0.3) is 0 Å². The van der Waals surface area contributed by atoms with E-state index < -0.39 is 47.9 Å². The first kappa shape index (κ1) is 29.3. The van der Waals surface area contributed by atoms with E-state index in [2.05, 4.69) is 16.7 Å². The third-order valence-corrected chi connectivity index (χ3v) is 7.50. The number of carbonyl (C=O) groups excluding carboxylic acids is 1. The molecule has 37 heavy (non-hydrogen) atoms. The number of benzene rings is 2. The van der Waals surface area contributed by atoms with Crippen LogP contribution in [0, 0.1) is 29.5 Å². The van der Waals surface area contributed by atoms with Gasteiger partial charge in [0.1, 0.15) is 11.2 Å². The molecule has 0 bridgehead atoms. The number of nitriles is 1. The maximum Gasteiger partial charge on any atom is 0.237 e. The lowest BCUT2D eigenvalue weighted by molar-refractivity contribution is -0.123. The van der Waals surface area contributed by atoms with E-state index in [-0.39, 0.29) is 29.0 Å². The van der Waals surface area contributed by atoms with Crippen molar-refractivity contribution in [1.82, 2.24) is 10.6 Å². The SMILES string of the molecule is Cc1cc(Cl)ccc1C1(C#N)C(c2cccc(Cl)c2F)[C@H](C(=O)NCC[C@H](O)CO)N[C@H]1CC(C)(C)C. The van der Waals surface area contributed by atoms with E-state index in [4.69, 9.17) is 28.3 Å². The van der Waals surface area contributed by atoms with Crippen LogP contribution in [0.15, 0.2) is 36.4 Å². The number of nitrogens with one attached hydrogen (secondary N) is 2. The predicted molar refractivity (Wildman–Crippen MR) is 143 cm³/mol. The van der Waals surface area contributed by atoms with Gasteiger partial charge in [-0.25, -0.2) is 4.39 Å². The highest BCUT2D eigenvalue weighted by Crippen LogP contribution is 2.52. The zero-order valence-corrected chi connectivity index (χ0v) is 23.0. The Morgan fingerprint density at radius 1 is 1.30 bits per heavy atom. The number of hydrogen-bond acceptors (Lipinski definition) is 5. The first-order valence-corrected chi connectivity index (χ1v) is 13.1. The minimum absolute atomic E-state index is 0.0957. The molecule has 0 spiro atoms. The van der Waals surface area contributed by atoms with Gasteiger partial charge in [0.15, 0.2) is 0 Å². The average Bonchev–Trinajstić information content (AvgIpc) is 3.13. The van der Waals surface area contributed by atoms with Crippen molar-refractivity contribution in [1.29, 1.82) is 5.26 Å². The summed E-state index contributed by atoms with van der Waals surface area (Å²) in [4.78, 5) is 13.6. The molecule has 2 aromatic rings. The van der Waals surface area contributed by atoms with Crippen molar-refractivity contribution in [3.05, 3.63) is 69.0 Å². The van der Waals surface area contributed by atoms with Gasteiger partial charge in [-0.2, -0.15) is 5.26 Å². The second-order valence-corrected chi connectivity index (χ2v) is 11.8. The molecule has 200 valence electrons. The van der Waals surface area contributed by atoms with Crippen molar-refractivity contribution in [2.24, 2.45) is 5.41 Å². The van der Waals surface area contributed by atoms with Crippen LogP contribution in [0.1, 0.15) is 56.2 Å². The maximum absolute atomic E-state index is 15.6. The van der Waals surface area contributed by atoms with Gasteiger partial charge in [0.2, 0.25) is 5.91 Å². The van der Waals surface area contributed by atoms with Crippen molar-refractivity contribution in [2.75, 3.05) is 13.2 Å². The number of hydrogen-bond donors (Lipinski definition) is 4. The molecule has 1 aliphatic heterocycles. The summed E-state index contributed by atoms with van der Waals surface area (Å²) in [5, 5.41) is 36.3. The molecule has 6 nitrogen and oxygen atoms in total. The lowest BCUT2D eigenvalue weighted by atomic mass is 9.62. The van der Waals surface area contributed by atoms with Crippen LogP contribution >= 0.6 is 23.2 Å². The zero-order chi connectivity index (χ0) is 27.5. The molecule has 2 aromatic carbocycles. The number of halogens is 3. The highest BCUT2D eigenvalue weighted by atomic mass is 35.5. The van der Waals surface area contributed by atoms with Gasteiger partial charge in [-0.1, -0.05) is 62.2 Å². The molecule has 1 amide bonds. The van der Waals surface area contributed by atoms with E-state index in [1.165, 1.54) is 6.07 Å². The fourth-order valence-electron chi connectivity index (χ4n) is 5.39. The minimum Gasteiger partial charge on any atom is -0.394 e. The molecule has 5 atom stereocenters. The monoisotopic (exact) mass is 549 g/mol. The Bertz CT molecular complexity index is 1180. The lowest BCUT2D eigenvalue weighted by Crippen LogP contribution is -2.46. The molecule has 1 heterocycles. The van der Waals surface area contributed by atoms with Gasteiger partial charge in [-0.3, -0.25) is 4.79 Å². The normalized spacial score (nSPS) is 24.5. The molecule has 0 aromatic heterocycles. The second kappa shape index (κ2) is 11.7. The zero-order valence-electron chi connectivity index (χ0n) is 21.5. The van der Waals surface area contributed by atoms with Crippen LogP contribution in [-0.4, -0.2) is 47.5 Å².